The molecule has 24 heavy (non-hydrogen) atoms. The van der Waals surface area contributed by atoms with E-state index >= 15 is 0 Å². The Morgan fingerprint density at radius 3 is 2.88 bits per heavy atom. The van der Waals surface area contributed by atoms with Gasteiger partial charge in [0.15, 0.2) is 0 Å². The third kappa shape index (κ3) is 2.40. The van der Waals surface area contributed by atoms with E-state index in [4.69, 9.17) is 5.11 Å². The van der Waals surface area contributed by atoms with Gasteiger partial charge in [-0.15, -0.1) is 0 Å². The van der Waals surface area contributed by atoms with E-state index < -0.39 is 5.97 Å². The molecule has 1 aliphatic carbocycles. The molecule has 0 radical (unpaired) electrons. The van der Waals surface area contributed by atoms with Gasteiger partial charge in [0, 0.05) is 36.2 Å². The molecule has 0 aliphatic heterocycles. The van der Waals surface area contributed by atoms with Crippen LogP contribution in [0.4, 0.5) is 4.39 Å². The highest BCUT2D eigenvalue weighted by Gasteiger charge is 2.31. The summed E-state index contributed by atoms with van der Waals surface area (Å²) in [5, 5.41) is 14.4. The van der Waals surface area contributed by atoms with Crippen molar-refractivity contribution < 1.29 is 14.3 Å². The Morgan fingerprint density at radius 2 is 2.17 bits per heavy atom. The lowest BCUT2D eigenvalue weighted by Crippen LogP contribution is -2.03. The molecule has 1 aliphatic rings. The van der Waals surface area contributed by atoms with Gasteiger partial charge in [-0.2, -0.15) is 5.10 Å². The lowest BCUT2D eigenvalue weighted by atomic mass is 10.1. The molecule has 1 fully saturated rings. The van der Waals surface area contributed by atoms with Crippen LogP contribution < -0.4 is 0 Å². The fraction of sp³-hybridized carbons (Fsp3) is 0.222. The van der Waals surface area contributed by atoms with Crippen molar-refractivity contribution in [1.29, 1.82) is 0 Å². The molecule has 0 amide bonds. The van der Waals surface area contributed by atoms with E-state index in [2.05, 4.69) is 5.10 Å². The van der Waals surface area contributed by atoms with Gasteiger partial charge < -0.3 is 9.67 Å². The van der Waals surface area contributed by atoms with E-state index in [1.165, 1.54) is 12.1 Å². The van der Waals surface area contributed by atoms with Gasteiger partial charge in [0.25, 0.3) is 0 Å². The van der Waals surface area contributed by atoms with Crippen LogP contribution in [0.25, 0.3) is 22.8 Å². The van der Waals surface area contributed by atoms with Crippen LogP contribution in [-0.4, -0.2) is 25.4 Å². The summed E-state index contributed by atoms with van der Waals surface area (Å²) >= 11 is 0. The molecule has 1 N–H and O–H groups in total. The Morgan fingerprint density at radius 1 is 1.38 bits per heavy atom. The Labute approximate surface area is 137 Å². The van der Waals surface area contributed by atoms with Gasteiger partial charge >= 0.3 is 5.97 Å². The lowest BCUT2D eigenvalue weighted by Gasteiger charge is -2.08. The van der Waals surface area contributed by atoms with Crippen molar-refractivity contribution in [2.75, 3.05) is 0 Å². The number of fused-ring (bicyclic) bond motifs is 1. The van der Waals surface area contributed by atoms with Crippen LogP contribution in [0.1, 0.15) is 30.0 Å². The summed E-state index contributed by atoms with van der Waals surface area (Å²) in [4.78, 5) is 11.0. The molecular weight excluding hydrogens is 309 g/mol. The molecule has 0 saturated heterocycles. The van der Waals surface area contributed by atoms with Crippen LogP contribution >= 0.6 is 0 Å². The summed E-state index contributed by atoms with van der Waals surface area (Å²) in [6.07, 6.45) is 6.74. The van der Waals surface area contributed by atoms with Crippen LogP contribution in [0.5, 0.6) is 0 Å². The molecule has 5 nitrogen and oxygen atoms in total. The average Bonchev–Trinajstić information content (AvgIpc) is 3.22. The zero-order valence-electron chi connectivity index (χ0n) is 13.1. The number of carboxylic acid groups (broad SMARTS) is 1. The van der Waals surface area contributed by atoms with Crippen LogP contribution in [0.15, 0.2) is 36.5 Å². The van der Waals surface area contributed by atoms with Crippen molar-refractivity contribution in [3.05, 3.63) is 53.6 Å². The number of carboxylic acids is 1. The second-order valence-electron chi connectivity index (χ2n) is 6.08. The molecule has 0 unspecified atom stereocenters. The Bertz CT molecular complexity index is 980. The summed E-state index contributed by atoms with van der Waals surface area (Å²) in [6, 6.07) is 6.46. The highest BCUT2D eigenvalue weighted by atomic mass is 19.1. The molecule has 6 heteroatoms. The van der Waals surface area contributed by atoms with Crippen LogP contribution in [0, 0.1) is 5.82 Å². The number of hydrogen-bond donors (Lipinski definition) is 1. The quantitative estimate of drug-likeness (QED) is 0.747. The van der Waals surface area contributed by atoms with E-state index in [0.717, 1.165) is 46.9 Å². The summed E-state index contributed by atoms with van der Waals surface area (Å²) in [7, 11) is 1.84. The molecule has 4 rings (SSSR count). The number of aryl methyl sites for hydroxylation is 1. The Balaban J connectivity index is 1.94. The molecular formula is C18H16FN3O2. The predicted octanol–water partition coefficient (Wildman–Crippen LogP) is 3.48. The van der Waals surface area contributed by atoms with Crippen molar-refractivity contribution in [2.24, 2.45) is 7.05 Å². The minimum absolute atomic E-state index is 0.282. The Hall–Kier alpha value is -2.89. The normalized spacial score (nSPS) is 14.8. The SMILES string of the molecule is Cn1nc(C2CC2)c(/C=C/C(=O)O)c1-n1ccc2cc(F)ccc21. The highest BCUT2D eigenvalue weighted by Crippen LogP contribution is 2.43. The molecule has 0 spiro atoms. The van der Waals surface area contributed by atoms with Crippen molar-refractivity contribution in [2.45, 2.75) is 18.8 Å². The molecule has 2 aromatic heterocycles. The van der Waals surface area contributed by atoms with Gasteiger partial charge in [-0.05, 0) is 43.2 Å². The predicted molar refractivity (Wildman–Crippen MR) is 88.6 cm³/mol. The molecule has 2 heterocycles. The second kappa shape index (κ2) is 5.33. The van der Waals surface area contributed by atoms with Gasteiger partial charge in [0.1, 0.15) is 11.6 Å². The number of nitrogens with zero attached hydrogens (tertiary/aromatic N) is 3. The summed E-state index contributed by atoms with van der Waals surface area (Å²) in [6.45, 7) is 0. The first kappa shape index (κ1) is 14.7. The van der Waals surface area contributed by atoms with E-state index in [1.54, 1.807) is 16.8 Å². The third-order valence-electron chi connectivity index (χ3n) is 4.32. The largest absolute Gasteiger partial charge is 0.478 e. The monoisotopic (exact) mass is 325 g/mol. The second-order valence-corrected chi connectivity index (χ2v) is 6.08. The third-order valence-corrected chi connectivity index (χ3v) is 4.32. The van der Waals surface area contributed by atoms with E-state index in [0.29, 0.717) is 5.92 Å². The molecule has 3 aromatic rings. The summed E-state index contributed by atoms with van der Waals surface area (Å²) < 4.78 is 17.1. The first-order valence-electron chi connectivity index (χ1n) is 7.79. The molecule has 0 atom stereocenters. The maximum Gasteiger partial charge on any atom is 0.328 e. The van der Waals surface area contributed by atoms with Crippen molar-refractivity contribution >= 4 is 22.9 Å². The standard InChI is InChI=1S/C18H16FN3O2/c1-21-18(22-9-8-12-10-13(19)4-6-15(12)22)14(5-7-16(23)24)17(20-21)11-2-3-11/h4-11H,2-3H2,1H3,(H,23,24)/b7-5+. The Kier molecular flexibility index (Phi) is 3.26. The van der Waals surface area contributed by atoms with E-state index in [-0.39, 0.29) is 5.82 Å². The minimum atomic E-state index is -0.994. The lowest BCUT2D eigenvalue weighted by molar-refractivity contribution is -0.131. The molecule has 1 saturated carbocycles. The van der Waals surface area contributed by atoms with Gasteiger partial charge in [-0.1, -0.05) is 0 Å². The number of rotatable bonds is 4. The zero-order valence-corrected chi connectivity index (χ0v) is 13.1. The molecule has 1 aromatic carbocycles. The van der Waals surface area contributed by atoms with Crippen molar-refractivity contribution in [3.8, 4) is 5.82 Å². The number of aromatic nitrogens is 3. The van der Waals surface area contributed by atoms with Crippen molar-refractivity contribution in [1.82, 2.24) is 14.3 Å². The summed E-state index contributed by atoms with van der Waals surface area (Å²) in [5.41, 5.74) is 2.59. The fourth-order valence-corrected chi connectivity index (χ4v) is 3.11. The van der Waals surface area contributed by atoms with E-state index in [9.17, 15) is 9.18 Å². The number of hydrogen-bond acceptors (Lipinski definition) is 2. The first-order chi connectivity index (χ1) is 11.5. The average molecular weight is 325 g/mol. The van der Waals surface area contributed by atoms with Crippen molar-refractivity contribution in [3.63, 3.8) is 0 Å². The van der Waals surface area contributed by atoms with Crippen LogP contribution in [0.2, 0.25) is 0 Å². The number of carbonyl (C=O) groups is 1. The summed E-state index contributed by atoms with van der Waals surface area (Å²) in [5.74, 6) is -0.102. The number of benzene rings is 1. The smallest absolute Gasteiger partial charge is 0.328 e. The maximum atomic E-state index is 13.4. The topological polar surface area (TPSA) is 60.1 Å². The maximum absolute atomic E-state index is 13.4. The minimum Gasteiger partial charge on any atom is -0.478 e. The van der Waals surface area contributed by atoms with Crippen LogP contribution in [0.3, 0.4) is 0 Å². The molecule has 122 valence electrons. The fourth-order valence-electron chi connectivity index (χ4n) is 3.11. The van der Waals surface area contributed by atoms with Gasteiger partial charge in [-0.3, -0.25) is 4.68 Å². The number of halogens is 1. The molecule has 0 bridgehead atoms. The van der Waals surface area contributed by atoms with Gasteiger partial charge in [0.2, 0.25) is 0 Å². The first-order valence-corrected chi connectivity index (χ1v) is 7.79. The van der Waals surface area contributed by atoms with E-state index in [1.807, 2.05) is 23.9 Å². The van der Waals surface area contributed by atoms with Gasteiger partial charge in [0.05, 0.1) is 11.2 Å². The zero-order chi connectivity index (χ0) is 16.8. The highest BCUT2D eigenvalue weighted by molar-refractivity contribution is 5.87. The number of aliphatic carboxylic acids is 1. The van der Waals surface area contributed by atoms with Gasteiger partial charge in [-0.25, -0.2) is 9.18 Å². The van der Waals surface area contributed by atoms with Crippen LogP contribution in [-0.2, 0) is 11.8 Å².